The predicted octanol–water partition coefficient (Wildman–Crippen LogP) is 2.36. The first-order valence-corrected chi connectivity index (χ1v) is 7.11. The lowest BCUT2D eigenvalue weighted by Crippen LogP contribution is -2.50. The van der Waals surface area contributed by atoms with Crippen molar-refractivity contribution in [2.45, 2.75) is 25.9 Å². The molecule has 1 aromatic heterocycles. The Morgan fingerprint density at radius 3 is 2.59 bits per heavy atom. The number of benzene rings is 1. The molecule has 1 aromatic carbocycles. The maximum atomic E-state index is 11.0. The lowest BCUT2D eigenvalue weighted by atomic mass is 9.74. The molecular formula is C15H17ClN4O2. The maximum Gasteiger partial charge on any atom is 0.153 e. The van der Waals surface area contributed by atoms with Crippen LogP contribution >= 0.6 is 11.6 Å². The molecule has 2 N–H and O–H groups in total. The third-order valence-corrected chi connectivity index (χ3v) is 3.90. The number of H-pyrrole nitrogens is 1. The summed E-state index contributed by atoms with van der Waals surface area (Å²) in [6.45, 7) is 3.25. The topological polar surface area (TPSA) is 94.8 Å². The first kappa shape index (κ1) is 16.3. The number of ether oxygens (including phenoxy) is 1. The number of nitrogens with zero attached hydrogens (tertiary/aromatic N) is 3. The molecule has 0 amide bonds. The zero-order chi connectivity index (χ0) is 16.2. The van der Waals surface area contributed by atoms with Crippen LogP contribution in [0.15, 0.2) is 30.6 Å². The first-order valence-electron chi connectivity index (χ1n) is 6.73. The molecule has 1 unspecified atom stereocenters. The summed E-state index contributed by atoms with van der Waals surface area (Å²) in [6, 6.07) is 8.92. The van der Waals surface area contributed by atoms with E-state index in [0.717, 1.165) is 0 Å². The van der Waals surface area contributed by atoms with Gasteiger partial charge in [-0.2, -0.15) is 10.4 Å². The fourth-order valence-electron chi connectivity index (χ4n) is 1.87. The van der Waals surface area contributed by atoms with Crippen LogP contribution in [0.25, 0.3) is 0 Å². The van der Waals surface area contributed by atoms with Crippen molar-refractivity contribution in [3.8, 4) is 11.8 Å². The van der Waals surface area contributed by atoms with Crippen LogP contribution in [0.1, 0.15) is 19.7 Å². The van der Waals surface area contributed by atoms with Crippen molar-refractivity contribution in [1.29, 1.82) is 5.26 Å². The summed E-state index contributed by atoms with van der Waals surface area (Å²) in [5.41, 5.74) is -2.48. The van der Waals surface area contributed by atoms with Gasteiger partial charge in [0.15, 0.2) is 5.82 Å². The van der Waals surface area contributed by atoms with E-state index in [9.17, 15) is 10.4 Å². The van der Waals surface area contributed by atoms with E-state index in [2.05, 4.69) is 21.3 Å². The van der Waals surface area contributed by atoms with Gasteiger partial charge < -0.3 is 9.84 Å². The summed E-state index contributed by atoms with van der Waals surface area (Å²) in [5, 5.41) is 27.4. The average molecular weight is 321 g/mol. The van der Waals surface area contributed by atoms with Crippen LogP contribution < -0.4 is 4.74 Å². The van der Waals surface area contributed by atoms with Crippen LogP contribution in [-0.2, 0) is 6.42 Å². The molecule has 116 valence electrons. The average Bonchev–Trinajstić information content (AvgIpc) is 2.99. The monoisotopic (exact) mass is 320 g/mol. The smallest absolute Gasteiger partial charge is 0.153 e. The van der Waals surface area contributed by atoms with Gasteiger partial charge in [0.2, 0.25) is 0 Å². The van der Waals surface area contributed by atoms with Crippen molar-refractivity contribution in [3.05, 3.63) is 41.4 Å². The van der Waals surface area contributed by atoms with Gasteiger partial charge in [-0.3, -0.25) is 5.10 Å². The van der Waals surface area contributed by atoms with Crippen molar-refractivity contribution in [2.24, 2.45) is 5.41 Å². The summed E-state index contributed by atoms with van der Waals surface area (Å²) < 4.78 is 5.64. The number of aromatic amines is 1. The molecular weight excluding hydrogens is 304 g/mol. The minimum atomic E-state index is -1.44. The second-order valence-corrected chi connectivity index (χ2v) is 6.04. The van der Waals surface area contributed by atoms with Gasteiger partial charge in [0.1, 0.15) is 24.3 Å². The minimum Gasteiger partial charge on any atom is -0.491 e. The molecule has 0 saturated carbocycles. The highest BCUT2D eigenvalue weighted by atomic mass is 35.5. The normalized spacial score (nSPS) is 14.1. The van der Waals surface area contributed by atoms with E-state index in [1.165, 1.54) is 6.33 Å². The lowest BCUT2D eigenvalue weighted by molar-refractivity contribution is -0.0722. The van der Waals surface area contributed by atoms with Gasteiger partial charge in [-0.25, -0.2) is 4.98 Å². The Morgan fingerprint density at radius 2 is 2.05 bits per heavy atom. The van der Waals surface area contributed by atoms with Crippen LogP contribution in [0.4, 0.5) is 0 Å². The zero-order valence-electron chi connectivity index (χ0n) is 12.4. The number of nitriles is 1. The van der Waals surface area contributed by atoms with Crippen LogP contribution in [0.3, 0.4) is 0 Å². The summed E-state index contributed by atoms with van der Waals surface area (Å²) >= 11 is 5.82. The number of nitrogens with one attached hydrogen (secondary N) is 1. The van der Waals surface area contributed by atoms with Crippen LogP contribution in [0.5, 0.6) is 5.75 Å². The SMILES string of the molecule is CC(C)(C#N)C(O)(COc1ccc(Cl)cc1)Cc1nc[nH]n1. The van der Waals surface area contributed by atoms with E-state index in [4.69, 9.17) is 16.3 Å². The van der Waals surface area contributed by atoms with Gasteiger partial charge in [0.25, 0.3) is 0 Å². The lowest BCUT2D eigenvalue weighted by Gasteiger charge is -2.36. The molecule has 7 heteroatoms. The molecule has 6 nitrogen and oxygen atoms in total. The number of hydrogen-bond donors (Lipinski definition) is 2. The summed E-state index contributed by atoms with van der Waals surface area (Å²) in [5.74, 6) is 0.983. The molecule has 0 aliphatic rings. The highest BCUT2D eigenvalue weighted by molar-refractivity contribution is 6.30. The fourth-order valence-corrected chi connectivity index (χ4v) is 2.00. The number of hydrogen-bond acceptors (Lipinski definition) is 5. The van der Waals surface area contributed by atoms with Crippen molar-refractivity contribution in [2.75, 3.05) is 6.61 Å². The van der Waals surface area contributed by atoms with Crippen molar-refractivity contribution in [1.82, 2.24) is 15.2 Å². The highest BCUT2D eigenvalue weighted by Gasteiger charge is 2.46. The Bertz CT molecular complexity index is 649. The number of aromatic nitrogens is 3. The zero-order valence-corrected chi connectivity index (χ0v) is 13.1. The van der Waals surface area contributed by atoms with Gasteiger partial charge in [0, 0.05) is 11.4 Å². The number of aliphatic hydroxyl groups is 1. The van der Waals surface area contributed by atoms with E-state index in [0.29, 0.717) is 16.6 Å². The molecule has 0 saturated heterocycles. The summed E-state index contributed by atoms with van der Waals surface area (Å²) in [7, 11) is 0. The van der Waals surface area contributed by atoms with Crippen molar-refractivity contribution < 1.29 is 9.84 Å². The Balaban J connectivity index is 2.17. The van der Waals surface area contributed by atoms with Crippen molar-refractivity contribution in [3.63, 3.8) is 0 Å². The largest absolute Gasteiger partial charge is 0.491 e. The molecule has 0 fully saturated rings. The Morgan fingerprint density at radius 1 is 1.36 bits per heavy atom. The van der Waals surface area contributed by atoms with Gasteiger partial charge in [-0.1, -0.05) is 11.6 Å². The third-order valence-electron chi connectivity index (χ3n) is 3.65. The van der Waals surface area contributed by atoms with Crippen LogP contribution in [0.2, 0.25) is 5.02 Å². The molecule has 2 aromatic rings. The second-order valence-electron chi connectivity index (χ2n) is 5.60. The van der Waals surface area contributed by atoms with E-state index < -0.39 is 11.0 Å². The van der Waals surface area contributed by atoms with E-state index in [1.54, 1.807) is 38.1 Å². The second kappa shape index (κ2) is 6.34. The summed E-state index contributed by atoms with van der Waals surface area (Å²) in [6.07, 6.45) is 1.53. The molecule has 0 bridgehead atoms. The van der Waals surface area contributed by atoms with E-state index in [-0.39, 0.29) is 13.0 Å². The Kier molecular flexibility index (Phi) is 4.69. The van der Waals surface area contributed by atoms with Gasteiger partial charge >= 0.3 is 0 Å². The molecule has 22 heavy (non-hydrogen) atoms. The van der Waals surface area contributed by atoms with Crippen molar-refractivity contribution >= 4 is 11.6 Å². The maximum absolute atomic E-state index is 11.0. The van der Waals surface area contributed by atoms with E-state index >= 15 is 0 Å². The molecule has 1 heterocycles. The van der Waals surface area contributed by atoms with Gasteiger partial charge in [0.05, 0.1) is 11.5 Å². The molecule has 0 spiro atoms. The molecule has 2 rings (SSSR count). The third kappa shape index (κ3) is 3.56. The number of rotatable bonds is 6. The summed E-state index contributed by atoms with van der Waals surface area (Å²) in [4.78, 5) is 4.01. The number of halogens is 1. The van der Waals surface area contributed by atoms with Gasteiger partial charge in [-0.05, 0) is 38.1 Å². The highest BCUT2D eigenvalue weighted by Crippen LogP contribution is 2.33. The van der Waals surface area contributed by atoms with Crippen LogP contribution in [-0.4, -0.2) is 32.5 Å². The fraction of sp³-hybridized carbons (Fsp3) is 0.400. The first-order chi connectivity index (χ1) is 10.4. The quantitative estimate of drug-likeness (QED) is 0.852. The van der Waals surface area contributed by atoms with E-state index in [1.807, 2.05) is 0 Å². The Labute approximate surface area is 133 Å². The molecule has 0 radical (unpaired) electrons. The van der Waals surface area contributed by atoms with Crippen LogP contribution in [0, 0.1) is 16.7 Å². The Hall–Kier alpha value is -2.10. The molecule has 0 aliphatic heterocycles. The molecule has 1 atom stereocenters. The minimum absolute atomic E-state index is 0.0657. The standard InChI is InChI=1S/C15H17ClN4O2/c1-14(2,8-17)15(21,7-13-18-10-19-20-13)9-22-12-5-3-11(16)4-6-12/h3-6,10,21H,7,9H2,1-2H3,(H,18,19,20). The predicted molar refractivity (Wildman–Crippen MR) is 81.4 cm³/mol. The van der Waals surface area contributed by atoms with Gasteiger partial charge in [-0.15, -0.1) is 0 Å². The molecule has 0 aliphatic carbocycles.